The molecule has 5 rings (SSSR count). The van der Waals surface area contributed by atoms with Crippen LogP contribution in [0.1, 0.15) is 5.56 Å². The number of para-hydroxylation sites is 3. The molecule has 0 spiro atoms. The van der Waals surface area contributed by atoms with Crippen molar-refractivity contribution in [1.82, 2.24) is 4.98 Å². The Kier molecular flexibility index (Phi) is 4.95. The lowest BCUT2D eigenvalue weighted by atomic mass is 10.1. The molecule has 0 saturated carbocycles. The van der Waals surface area contributed by atoms with Crippen LogP contribution in [0.4, 0.5) is 10.8 Å². The van der Waals surface area contributed by atoms with E-state index in [4.69, 9.17) is 19.2 Å². The number of ether oxygens (including phenoxy) is 3. The van der Waals surface area contributed by atoms with Crippen LogP contribution in [0.15, 0.2) is 66.7 Å². The number of amides is 1. The third kappa shape index (κ3) is 3.57. The third-order valence-corrected chi connectivity index (χ3v) is 6.08. The Morgan fingerprint density at radius 3 is 2.68 bits per heavy atom. The minimum Gasteiger partial charge on any atom is -0.495 e. The Morgan fingerprint density at radius 1 is 1.10 bits per heavy atom. The first-order valence-corrected chi connectivity index (χ1v) is 10.7. The first kappa shape index (κ1) is 19.4. The molecule has 1 amide bonds. The van der Waals surface area contributed by atoms with Crippen LogP contribution in [0.5, 0.6) is 17.2 Å². The molecule has 0 saturated heterocycles. The van der Waals surface area contributed by atoms with Crippen LogP contribution in [0.3, 0.4) is 0 Å². The fourth-order valence-electron chi connectivity index (χ4n) is 3.53. The molecule has 6 nitrogen and oxygen atoms in total. The van der Waals surface area contributed by atoms with Crippen molar-refractivity contribution in [2.45, 2.75) is 13.0 Å². The molecular formula is C24H20N2O4S. The van der Waals surface area contributed by atoms with Gasteiger partial charge in [-0.15, -0.1) is 0 Å². The van der Waals surface area contributed by atoms with Gasteiger partial charge in [-0.3, -0.25) is 4.79 Å². The minimum absolute atomic E-state index is 0.116. The number of fused-ring (bicyclic) bond motifs is 2. The number of hydrogen-bond donors (Lipinski definition) is 0. The summed E-state index contributed by atoms with van der Waals surface area (Å²) in [6, 6.07) is 20.9. The summed E-state index contributed by atoms with van der Waals surface area (Å²) in [6.45, 7) is 2.09. The predicted molar refractivity (Wildman–Crippen MR) is 121 cm³/mol. The van der Waals surface area contributed by atoms with Crippen LogP contribution in [-0.4, -0.2) is 30.7 Å². The van der Waals surface area contributed by atoms with Crippen molar-refractivity contribution in [2.75, 3.05) is 18.6 Å². The van der Waals surface area contributed by atoms with Crippen molar-refractivity contribution >= 4 is 38.3 Å². The number of rotatable bonds is 4. The number of benzene rings is 3. The molecule has 1 aromatic heterocycles. The largest absolute Gasteiger partial charge is 0.495 e. The fourth-order valence-corrected chi connectivity index (χ4v) is 4.52. The van der Waals surface area contributed by atoms with Crippen LogP contribution >= 0.6 is 11.3 Å². The molecule has 1 atom stereocenters. The Labute approximate surface area is 183 Å². The second-order valence-corrected chi connectivity index (χ2v) is 8.19. The van der Waals surface area contributed by atoms with E-state index in [0.29, 0.717) is 28.1 Å². The van der Waals surface area contributed by atoms with Gasteiger partial charge in [0.1, 0.15) is 12.4 Å². The van der Waals surface area contributed by atoms with Crippen molar-refractivity contribution in [3.8, 4) is 17.2 Å². The van der Waals surface area contributed by atoms with E-state index in [2.05, 4.69) is 0 Å². The number of aryl methyl sites for hydroxylation is 1. The molecule has 0 aliphatic carbocycles. The van der Waals surface area contributed by atoms with Gasteiger partial charge in [-0.2, -0.15) is 0 Å². The van der Waals surface area contributed by atoms with Gasteiger partial charge in [0.15, 0.2) is 16.6 Å². The highest BCUT2D eigenvalue weighted by Gasteiger charge is 2.35. The third-order valence-electron chi connectivity index (χ3n) is 5.05. The van der Waals surface area contributed by atoms with Gasteiger partial charge in [-0.25, -0.2) is 9.88 Å². The molecule has 0 radical (unpaired) electrons. The number of carbonyl (C=O) groups is 1. The SMILES string of the molecule is COc1ccc(C)cc1N(C(=O)C1COc2ccccc2O1)c1nc2ccccc2s1. The van der Waals surface area contributed by atoms with Gasteiger partial charge >= 0.3 is 0 Å². The van der Waals surface area contributed by atoms with E-state index < -0.39 is 6.10 Å². The zero-order chi connectivity index (χ0) is 21.4. The van der Waals surface area contributed by atoms with Gasteiger partial charge in [-0.1, -0.05) is 41.7 Å². The molecule has 4 aromatic rings. The quantitative estimate of drug-likeness (QED) is 0.448. The Morgan fingerprint density at radius 2 is 1.87 bits per heavy atom. The van der Waals surface area contributed by atoms with Crippen LogP contribution in [-0.2, 0) is 4.79 Å². The number of thiazole rings is 1. The van der Waals surface area contributed by atoms with Gasteiger partial charge in [0.2, 0.25) is 6.10 Å². The van der Waals surface area contributed by atoms with E-state index in [1.165, 1.54) is 11.3 Å². The van der Waals surface area contributed by atoms with Gasteiger partial charge in [-0.05, 0) is 48.9 Å². The van der Waals surface area contributed by atoms with E-state index in [0.717, 1.165) is 15.8 Å². The number of aromatic nitrogens is 1. The molecule has 1 aliphatic rings. The zero-order valence-corrected chi connectivity index (χ0v) is 17.9. The minimum atomic E-state index is -0.813. The molecule has 156 valence electrons. The molecule has 31 heavy (non-hydrogen) atoms. The van der Waals surface area contributed by atoms with Gasteiger partial charge in [0, 0.05) is 0 Å². The maximum atomic E-state index is 13.8. The number of carbonyl (C=O) groups excluding carboxylic acids is 1. The van der Waals surface area contributed by atoms with Gasteiger partial charge < -0.3 is 14.2 Å². The number of hydrogen-bond acceptors (Lipinski definition) is 6. The molecule has 1 aliphatic heterocycles. The van der Waals surface area contributed by atoms with Crippen molar-refractivity contribution in [2.24, 2.45) is 0 Å². The van der Waals surface area contributed by atoms with Crippen LogP contribution in [0, 0.1) is 6.92 Å². The highest BCUT2D eigenvalue weighted by atomic mass is 32.1. The van der Waals surface area contributed by atoms with Crippen LogP contribution < -0.4 is 19.1 Å². The molecule has 2 heterocycles. The summed E-state index contributed by atoms with van der Waals surface area (Å²) in [4.78, 5) is 20.1. The second kappa shape index (κ2) is 7.92. The molecule has 7 heteroatoms. The highest BCUT2D eigenvalue weighted by Crippen LogP contribution is 2.40. The highest BCUT2D eigenvalue weighted by molar-refractivity contribution is 7.22. The molecule has 0 N–H and O–H groups in total. The standard InChI is InChI=1S/C24H20N2O4S/c1-15-11-12-18(28-2)17(13-15)26(24-25-16-7-3-6-10-22(16)31-24)23(27)21-14-29-19-8-4-5-9-20(19)30-21/h3-13,21H,14H2,1-2H3. The van der Waals surface area contributed by atoms with Crippen LogP contribution in [0.2, 0.25) is 0 Å². The summed E-state index contributed by atoms with van der Waals surface area (Å²) in [5.41, 5.74) is 2.45. The van der Waals surface area contributed by atoms with E-state index in [1.807, 2.05) is 67.6 Å². The Balaban J connectivity index is 1.60. The molecular weight excluding hydrogens is 412 g/mol. The smallest absolute Gasteiger partial charge is 0.278 e. The Bertz CT molecular complexity index is 1240. The van der Waals surface area contributed by atoms with E-state index in [-0.39, 0.29) is 12.5 Å². The Hall–Kier alpha value is -3.58. The van der Waals surface area contributed by atoms with Gasteiger partial charge in [0.25, 0.3) is 5.91 Å². The predicted octanol–water partition coefficient (Wildman–Crippen LogP) is 5.12. The average molecular weight is 433 g/mol. The molecule has 0 fully saturated rings. The van der Waals surface area contributed by atoms with E-state index >= 15 is 0 Å². The molecule has 1 unspecified atom stereocenters. The van der Waals surface area contributed by atoms with Crippen molar-refractivity contribution in [3.05, 3.63) is 72.3 Å². The number of nitrogens with zero attached hydrogens (tertiary/aromatic N) is 2. The monoisotopic (exact) mass is 432 g/mol. The first-order valence-electron chi connectivity index (χ1n) is 9.87. The van der Waals surface area contributed by atoms with Crippen LogP contribution in [0.25, 0.3) is 10.2 Å². The first-order chi connectivity index (χ1) is 15.1. The summed E-state index contributed by atoms with van der Waals surface area (Å²) in [7, 11) is 1.59. The lowest BCUT2D eigenvalue weighted by molar-refractivity contribution is -0.126. The summed E-state index contributed by atoms with van der Waals surface area (Å²) < 4.78 is 18.4. The van der Waals surface area contributed by atoms with Gasteiger partial charge in [0.05, 0.1) is 23.0 Å². The fraction of sp³-hybridized carbons (Fsp3) is 0.167. The lowest BCUT2D eigenvalue weighted by Gasteiger charge is -2.30. The van der Waals surface area contributed by atoms with E-state index in [1.54, 1.807) is 18.1 Å². The van der Waals surface area contributed by atoms with Crippen molar-refractivity contribution in [3.63, 3.8) is 0 Å². The summed E-state index contributed by atoms with van der Waals surface area (Å²) in [5.74, 6) is 1.49. The molecule has 0 bridgehead atoms. The van der Waals surface area contributed by atoms with Crippen molar-refractivity contribution < 1.29 is 19.0 Å². The maximum Gasteiger partial charge on any atom is 0.278 e. The van der Waals surface area contributed by atoms with Crippen molar-refractivity contribution in [1.29, 1.82) is 0 Å². The van der Waals surface area contributed by atoms with E-state index in [9.17, 15) is 4.79 Å². The summed E-state index contributed by atoms with van der Waals surface area (Å²) in [5, 5.41) is 0.553. The summed E-state index contributed by atoms with van der Waals surface area (Å²) >= 11 is 1.45. The number of methoxy groups -OCH3 is 1. The molecule has 3 aromatic carbocycles. The topological polar surface area (TPSA) is 60.9 Å². The normalized spacial score (nSPS) is 15.0. The second-order valence-electron chi connectivity index (χ2n) is 7.18. The summed E-state index contributed by atoms with van der Waals surface area (Å²) in [6.07, 6.45) is -0.813. The number of anilines is 2. The maximum absolute atomic E-state index is 13.8. The zero-order valence-electron chi connectivity index (χ0n) is 17.1. The lowest BCUT2D eigenvalue weighted by Crippen LogP contribution is -2.44. The average Bonchev–Trinajstić information content (AvgIpc) is 3.22.